The van der Waals surface area contributed by atoms with Crippen molar-refractivity contribution in [1.29, 1.82) is 0 Å². The quantitative estimate of drug-likeness (QED) is 0.495. The van der Waals surface area contributed by atoms with Crippen LogP contribution in [0.15, 0.2) is 0 Å². The molecule has 1 amide bonds. The highest BCUT2D eigenvalue weighted by atomic mass is 16.1. The van der Waals surface area contributed by atoms with Gasteiger partial charge in [-0.25, -0.2) is 0 Å². The van der Waals surface area contributed by atoms with Gasteiger partial charge in [-0.1, -0.05) is 0 Å². The molecule has 0 aromatic rings. The summed E-state index contributed by atoms with van der Waals surface area (Å²) in [7, 11) is 1.88. The molecule has 0 fully saturated rings. The molecule has 0 saturated heterocycles. The van der Waals surface area contributed by atoms with Crippen molar-refractivity contribution < 1.29 is 4.79 Å². The van der Waals surface area contributed by atoms with E-state index in [2.05, 4.69) is 0 Å². The number of unbranched alkanes of at least 4 members (excludes halogenated alkanes) is 1. The summed E-state index contributed by atoms with van der Waals surface area (Å²) in [6, 6.07) is 0. The molecule has 0 unspecified atom stereocenters. The van der Waals surface area contributed by atoms with Crippen molar-refractivity contribution in [3.8, 4) is 0 Å². The minimum absolute atomic E-state index is 0.278. The zero-order valence-corrected chi connectivity index (χ0v) is 7.05. The van der Waals surface area contributed by atoms with Crippen LogP contribution in [0.3, 0.4) is 0 Å². The summed E-state index contributed by atoms with van der Waals surface area (Å²) >= 11 is 0. The smallest absolute Gasteiger partial charge is 0.231 e. The van der Waals surface area contributed by atoms with E-state index in [9.17, 15) is 4.79 Å². The van der Waals surface area contributed by atoms with Crippen LogP contribution in [0, 0.1) is 0 Å². The lowest BCUT2D eigenvalue weighted by atomic mass is 10.3. The summed E-state index contributed by atoms with van der Waals surface area (Å²) < 4.78 is 0. The number of nitrogens with zero attached hydrogens (tertiary/aromatic N) is 1. The topological polar surface area (TPSA) is 72.3 Å². The van der Waals surface area contributed by atoms with Crippen LogP contribution >= 0.6 is 0 Å². The lowest BCUT2D eigenvalue weighted by Gasteiger charge is -2.13. The second-order valence-corrected chi connectivity index (χ2v) is 2.70. The van der Waals surface area contributed by atoms with E-state index in [4.69, 9.17) is 11.5 Å². The Labute approximate surface area is 67.5 Å². The van der Waals surface area contributed by atoms with Gasteiger partial charge in [-0.05, 0) is 33.0 Å². The van der Waals surface area contributed by atoms with Gasteiger partial charge in [0, 0.05) is 0 Å². The highest BCUT2D eigenvalue weighted by molar-refractivity contribution is 5.75. The van der Waals surface area contributed by atoms with E-state index in [1.807, 2.05) is 11.9 Å². The number of likely N-dealkylation sites (N-methyl/N-ethyl adjacent to an activating group) is 1. The first-order valence-corrected chi connectivity index (χ1v) is 3.83. The number of hydrogen-bond acceptors (Lipinski definition) is 3. The lowest BCUT2D eigenvalue weighted by Crippen LogP contribution is -2.31. The van der Waals surface area contributed by atoms with E-state index < -0.39 is 0 Å². The molecule has 0 aromatic carbocycles. The Bertz CT molecular complexity index is 116. The first kappa shape index (κ1) is 10.4. The molecule has 0 spiro atoms. The van der Waals surface area contributed by atoms with Crippen LogP contribution in [0.5, 0.6) is 0 Å². The van der Waals surface area contributed by atoms with Crippen molar-refractivity contribution in [2.75, 3.05) is 26.7 Å². The van der Waals surface area contributed by atoms with Gasteiger partial charge in [0.15, 0.2) is 0 Å². The van der Waals surface area contributed by atoms with Crippen LogP contribution in [-0.4, -0.2) is 37.5 Å². The summed E-state index contributed by atoms with van der Waals surface area (Å²) in [5, 5.41) is 0. The van der Waals surface area contributed by atoms with Crippen molar-refractivity contribution in [1.82, 2.24) is 4.90 Å². The Morgan fingerprint density at radius 1 is 1.45 bits per heavy atom. The Morgan fingerprint density at radius 3 is 2.55 bits per heavy atom. The van der Waals surface area contributed by atoms with Crippen LogP contribution in [-0.2, 0) is 4.79 Å². The molecule has 0 aliphatic heterocycles. The molecule has 11 heavy (non-hydrogen) atoms. The molecule has 0 heterocycles. The molecule has 0 atom stereocenters. The number of primary amides is 1. The van der Waals surface area contributed by atoms with Crippen LogP contribution in [0.4, 0.5) is 0 Å². The molecule has 0 bridgehead atoms. The van der Waals surface area contributed by atoms with E-state index in [1.54, 1.807) is 0 Å². The van der Waals surface area contributed by atoms with Crippen LogP contribution < -0.4 is 11.5 Å². The average Bonchev–Trinajstić information content (AvgIpc) is 1.86. The molecular formula is C7H17N3O. The molecular weight excluding hydrogens is 142 g/mol. The molecule has 4 heteroatoms. The maximum absolute atomic E-state index is 10.4. The van der Waals surface area contributed by atoms with Crippen molar-refractivity contribution in [2.45, 2.75) is 12.8 Å². The molecule has 0 aromatic heterocycles. The maximum atomic E-state index is 10.4. The van der Waals surface area contributed by atoms with E-state index in [0.29, 0.717) is 13.1 Å². The second kappa shape index (κ2) is 6.12. The lowest BCUT2D eigenvalue weighted by molar-refractivity contribution is -0.118. The van der Waals surface area contributed by atoms with Gasteiger partial charge in [0.25, 0.3) is 0 Å². The van der Waals surface area contributed by atoms with Crippen LogP contribution in [0.1, 0.15) is 12.8 Å². The van der Waals surface area contributed by atoms with Gasteiger partial charge in [0.05, 0.1) is 6.54 Å². The van der Waals surface area contributed by atoms with Gasteiger partial charge in [0.1, 0.15) is 0 Å². The molecule has 0 aliphatic carbocycles. The largest absolute Gasteiger partial charge is 0.369 e. The van der Waals surface area contributed by atoms with Gasteiger partial charge in [-0.15, -0.1) is 0 Å². The van der Waals surface area contributed by atoms with Gasteiger partial charge >= 0.3 is 0 Å². The van der Waals surface area contributed by atoms with E-state index in [0.717, 1.165) is 19.4 Å². The summed E-state index contributed by atoms with van der Waals surface area (Å²) in [4.78, 5) is 12.3. The van der Waals surface area contributed by atoms with Crippen LogP contribution in [0.2, 0.25) is 0 Å². The summed E-state index contributed by atoms with van der Waals surface area (Å²) in [5.74, 6) is -0.278. The summed E-state index contributed by atoms with van der Waals surface area (Å²) in [6.45, 7) is 1.94. The normalized spacial score (nSPS) is 10.5. The molecule has 0 saturated carbocycles. The fraction of sp³-hybridized carbons (Fsp3) is 0.857. The zero-order chi connectivity index (χ0) is 8.69. The first-order chi connectivity index (χ1) is 5.16. The van der Waals surface area contributed by atoms with Crippen molar-refractivity contribution in [3.05, 3.63) is 0 Å². The van der Waals surface area contributed by atoms with E-state index >= 15 is 0 Å². The molecule has 4 N–H and O–H groups in total. The third-order valence-electron chi connectivity index (χ3n) is 1.42. The SMILES string of the molecule is CN(CCCCN)CC(N)=O. The number of carbonyl (C=O) groups excluding carboxylic acids is 1. The zero-order valence-electron chi connectivity index (χ0n) is 7.05. The predicted octanol–water partition coefficient (Wildman–Crippen LogP) is -0.858. The summed E-state index contributed by atoms with van der Waals surface area (Å²) in [6.07, 6.45) is 2.03. The molecule has 0 radical (unpaired) electrons. The Hall–Kier alpha value is -0.610. The highest BCUT2D eigenvalue weighted by Gasteiger charge is 2.00. The number of nitrogens with two attached hydrogens (primary N) is 2. The second-order valence-electron chi connectivity index (χ2n) is 2.70. The maximum Gasteiger partial charge on any atom is 0.231 e. The van der Waals surface area contributed by atoms with Crippen LogP contribution in [0.25, 0.3) is 0 Å². The molecule has 4 nitrogen and oxygen atoms in total. The van der Waals surface area contributed by atoms with Gasteiger partial charge in [0.2, 0.25) is 5.91 Å². The fourth-order valence-electron chi connectivity index (χ4n) is 0.871. The van der Waals surface area contributed by atoms with E-state index in [1.165, 1.54) is 0 Å². The average molecular weight is 159 g/mol. The third kappa shape index (κ3) is 7.29. The predicted molar refractivity (Wildman–Crippen MR) is 45.0 cm³/mol. The highest BCUT2D eigenvalue weighted by Crippen LogP contribution is 1.89. The van der Waals surface area contributed by atoms with Crippen molar-refractivity contribution >= 4 is 5.91 Å². The van der Waals surface area contributed by atoms with Gasteiger partial charge < -0.3 is 11.5 Å². The number of amides is 1. The fourth-order valence-corrected chi connectivity index (χ4v) is 0.871. The standard InChI is InChI=1S/C7H17N3O/c1-10(6-7(9)11)5-3-2-4-8/h2-6,8H2,1H3,(H2,9,11). The Kier molecular flexibility index (Phi) is 5.78. The minimum Gasteiger partial charge on any atom is -0.369 e. The molecule has 66 valence electrons. The number of carbonyl (C=O) groups is 1. The first-order valence-electron chi connectivity index (χ1n) is 3.83. The van der Waals surface area contributed by atoms with Gasteiger partial charge in [-0.3, -0.25) is 9.69 Å². The third-order valence-corrected chi connectivity index (χ3v) is 1.42. The number of rotatable bonds is 6. The number of hydrogen-bond donors (Lipinski definition) is 2. The summed E-state index contributed by atoms with van der Waals surface area (Å²) in [5.41, 5.74) is 10.3. The van der Waals surface area contributed by atoms with Crippen molar-refractivity contribution in [3.63, 3.8) is 0 Å². The molecule has 0 aliphatic rings. The Balaban J connectivity index is 3.22. The minimum atomic E-state index is -0.278. The van der Waals surface area contributed by atoms with Gasteiger partial charge in [-0.2, -0.15) is 0 Å². The monoisotopic (exact) mass is 159 g/mol. The van der Waals surface area contributed by atoms with E-state index in [-0.39, 0.29) is 5.91 Å². The molecule has 0 rings (SSSR count). The Morgan fingerprint density at radius 2 is 2.09 bits per heavy atom. The van der Waals surface area contributed by atoms with Crippen molar-refractivity contribution in [2.24, 2.45) is 11.5 Å².